The highest BCUT2D eigenvalue weighted by Gasteiger charge is 2.26. The molecule has 0 fully saturated rings. The summed E-state index contributed by atoms with van der Waals surface area (Å²) in [4.78, 5) is 14.5. The number of ether oxygens (including phenoxy) is 1. The monoisotopic (exact) mass is 379 g/mol. The Labute approximate surface area is 162 Å². The smallest absolute Gasteiger partial charge is 0.339 e. The second-order valence-electron chi connectivity index (χ2n) is 7.77. The summed E-state index contributed by atoms with van der Waals surface area (Å²) in [6.45, 7) is 4.01. The molecule has 0 saturated carbocycles. The molecule has 5 heteroatoms. The van der Waals surface area contributed by atoms with Crippen LogP contribution in [0.3, 0.4) is 0 Å². The highest BCUT2D eigenvalue weighted by Crippen LogP contribution is 2.38. The number of fused-ring (bicyclic) bond motifs is 4. The standard InChI is InChI=1S/C23H22FNO3/c1-14-21-16(11-20-18-6-3-7-19(18)23(26)28-22(14)20)12-25(13-27-21)9-8-15-4-2-5-17(24)10-15/h2,4-5,10-11H,3,6-9,12-13H2,1H3. The lowest BCUT2D eigenvalue weighted by atomic mass is 9.99. The average Bonchev–Trinajstić information content (AvgIpc) is 3.18. The Hall–Kier alpha value is -2.66. The fourth-order valence-electron chi connectivity index (χ4n) is 4.51. The summed E-state index contributed by atoms with van der Waals surface area (Å²) in [7, 11) is 0. The van der Waals surface area contributed by atoms with E-state index < -0.39 is 0 Å². The van der Waals surface area contributed by atoms with Gasteiger partial charge in [-0.25, -0.2) is 9.18 Å². The zero-order chi connectivity index (χ0) is 19.3. The van der Waals surface area contributed by atoms with Crippen LogP contribution in [0.15, 0.2) is 39.5 Å². The van der Waals surface area contributed by atoms with E-state index in [1.807, 2.05) is 13.0 Å². The number of benzene rings is 2. The van der Waals surface area contributed by atoms with Crippen molar-refractivity contribution in [2.75, 3.05) is 13.3 Å². The van der Waals surface area contributed by atoms with Crippen LogP contribution in [0.2, 0.25) is 0 Å². The van der Waals surface area contributed by atoms with Crippen molar-refractivity contribution < 1.29 is 13.5 Å². The molecule has 0 N–H and O–H groups in total. The van der Waals surface area contributed by atoms with Gasteiger partial charge in [0.1, 0.15) is 23.9 Å². The van der Waals surface area contributed by atoms with Gasteiger partial charge in [0.05, 0.1) is 0 Å². The van der Waals surface area contributed by atoms with E-state index in [1.165, 1.54) is 6.07 Å². The number of hydrogen-bond donors (Lipinski definition) is 0. The molecule has 2 aliphatic rings. The Morgan fingerprint density at radius 3 is 2.89 bits per heavy atom. The van der Waals surface area contributed by atoms with E-state index >= 15 is 0 Å². The molecule has 28 heavy (non-hydrogen) atoms. The highest BCUT2D eigenvalue weighted by molar-refractivity contribution is 5.87. The number of halogens is 1. The maximum Gasteiger partial charge on any atom is 0.339 e. The third-order valence-electron chi connectivity index (χ3n) is 5.91. The molecule has 5 rings (SSSR count). The number of hydrogen-bond acceptors (Lipinski definition) is 4. The van der Waals surface area contributed by atoms with Crippen molar-refractivity contribution in [1.29, 1.82) is 0 Å². The van der Waals surface area contributed by atoms with Gasteiger partial charge in [0.25, 0.3) is 0 Å². The lowest BCUT2D eigenvalue weighted by molar-refractivity contribution is 0.0959. The molecule has 4 nitrogen and oxygen atoms in total. The molecule has 1 aromatic heterocycles. The van der Waals surface area contributed by atoms with E-state index in [4.69, 9.17) is 9.15 Å². The lowest BCUT2D eigenvalue weighted by Gasteiger charge is -2.30. The van der Waals surface area contributed by atoms with Crippen LogP contribution in [0.1, 0.15) is 34.2 Å². The molecule has 0 bridgehead atoms. The van der Waals surface area contributed by atoms with E-state index in [1.54, 1.807) is 12.1 Å². The molecule has 1 aliphatic heterocycles. The third kappa shape index (κ3) is 2.90. The van der Waals surface area contributed by atoms with Crippen molar-refractivity contribution >= 4 is 11.0 Å². The Morgan fingerprint density at radius 1 is 1.18 bits per heavy atom. The van der Waals surface area contributed by atoms with Gasteiger partial charge in [0.2, 0.25) is 0 Å². The first kappa shape index (κ1) is 17.4. The van der Waals surface area contributed by atoms with E-state index in [9.17, 15) is 9.18 Å². The summed E-state index contributed by atoms with van der Waals surface area (Å²) in [5, 5.41) is 1.05. The summed E-state index contributed by atoms with van der Waals surface area (Å²) < 4.78 is 25.1. The van der Waals surface area contributed by atoms with Gasteiger partial charge >= 0.3 is 5.63 Å². The largest absolute Gasteiger partial charge is 0.477 e. The molecule has 0 spiro atoms. The zero-order valence-electron chi connectivity index (χ0n) is 15.9. The fourth-order valence-corrected chi connectivity index (χ4v) is 4.51. The van der Waals surface area contributed by atoms with E-state index in [0.29, 0.717) is 12.3 Å². The summed E-state index contributed by atoms with van der Waals surface area (Å²) in [5.74, 6) is 0.630. The maximum absolute atomic E-state index is 13.4. The lowest BCUT2D eigenvalue weighted by Crippen LogP contribution is -2.34. The minimum Gasteiger partial charge on any atom is -0.477 e. The summed E-state index contributed by atoms with van der Waals surface area (Å²) in [5.41, 5.74) is 5.47. The van der Waals surface area contributed by atoms with Crippen LogP contribution in [-0.4, -0.2) is 18.2 Å². The molecule has 144 valence electrons. The molecular formula is C23H22FNO3. The Kier molecular flexibility index (Phi) is 4.20. The van der Waals surface area contributed by atoms with Gasteiger partial charge in [0.15, 0.2) is 0 Å². The highest BCUT2D eigenvalue weighted by atomic mass is 19.1. The predicted octanol–water partition coefficient (Wildman–Crippen LogP) is 4.12. The molecule has 3 aromatic rings. The number of aryl methyl sites for hydroxylation is 2. The molecule has 2 aromatic carbocycles. The maximum atomic E-state index is 13.4. The first-order valence-electron chi connectivity index (χ1n) is 9.81. The van der Waals surface area contributed by atoms with Gasteiger partial charge in [-0.3, -0.25) is 4.90 Å². The van der Waals surface area contributed by atoms with Crippen molar-refractivity contribution in [2.45, 2.75) is 39.2 Å². The van der Waals surface area contributed by atoms with Crippen LogP contribution >= 0.6 is 0 Å². The fraction of sp³-hybridized carbons (Fsp3) is 0.348. The van der Waals surface area contributed by atoms with Gasteiger partial charge in [0, 0.05) is 35.2 Å². The van der Waals surface area contributed by atoms with E-state index in [-0.39, 0.29) is 11.4 Å². The van der Waals surface area contributed by atoms with Crippen molar-refractivity contribution in [3.8, 4) is 5.75 Å². The quantitative estimate of drug-likeness (QED) is 0.642. The first-order valence-corrected chi connectivity index (χ1v) is 9.81. The van der Waals surface area contributed by atoms with Crippen molar-refractivity contribution in [3.05, 3.63) is 74.4 Å². The van der Waals surface area contributed by atoms with Crippen LogP contribution in [0.4, 0.5) is 4.39 Å². The predicted molar refractivity (Wildman–Crippen MR) is 105 cm³/mol. The third-order valence-corrected chi connectivity index (χ3v) is 5.91. The molecule has 2 heterocycles. The average molecular weight is 379 g/mol. The van der Waals surface area contributed by atoms with Gasteiger partial charge in [-0.2, -0.15) is 0 Å². The molecular weight excluding hydrogens is 357 g/mol. The van der Waals surface area contributed by atoms with Crippen LogP contribution in [0, 0.1) is 12.7 Å². The van der Waals surface area contributed by atoms with Crippen molar-refractivity contribution in [3.63, 3.8) is 0 Å². The number of rotatable bonds is 3. The number of nitrogens with zero attached hydrogens (tertiary/aromatic N) is 1. The zero-order valence-corrected chi connectivity index (χ0v) is 15.9. The van der Waals surface area contributed by atoms with Crippen LogP contribution in [0.5, 0.6) is 5.75 Å². The SMILES string of the molecule is Cc1c2c(cc3c4c(c(=O)oc13)CCC4)CN(CCc1cccc(F)c1)CO2. The minimum atomic E-state index is -0.199. The van der Waals surface area contributed by atoms with E-state index in [0.717, 1.165) is 77.7 Å². The van der Waals surface area contributed by atoms with Crippen LogP contribution in [-0.2, 0) is 25.8 Å². The van der Waals surface area contributed by atoms with Gasteiger partial charge in [-0.05, 0) is 61.9 Å². The first-order chi connectivity index (χ1) is 13.6. The second-order valence-corrected chi connectivity index (χ2v) is 7.77. The normalized spacial score (nSPS) is 16.1. The van der Waals surface area contributed by atoms with E-state index in [2.05, 4.69) is 11.0 Å². The second kappa shape index (κ2) is 6.74. The van der Waals surface area contributed by atoms with Gasteiger partial charge in [-0.15, -0.1) is 0 Å². The molecule has 0 unspecified atom stereocenters. The molecule has 0 atom stereocenters. The summed E-state index contributed by atoms with van der Waals surface area (Å²) >= 11 is 0. The Balaban J connectivity index is 1.45. The van der Waals surface area contributed by atoms with Gasteiger partial charge < -0.3 is 9.15 Å². The van der Waals surface area contributed by atoms with Crippen molar-refractivity contribution in [1.82, 2.24) is 4.90 Å². The Morgan fingerprint density at radius 2 is 2.04 bits per heavy atom. The molecule has 0 amide bonds. The topological polar surface area (TPSA) is 42.7 Å². The molecule has 0 radical (unpaired) electrons. The summed E-state index contributed by atoms with van der Waals surface area (Å²) in [6, 6.07) is 8.89. The minimum absolute atomic E-state index is 0.199. The molecule has 1 aliphatic carbocycles. The van der Waals surface area contributed by atoms with Crippen LogP contribution < -0.4 is 10.4 Å². The summed E-state index contributed by atoms with van der Waals surface area (Å²) in [6.07, 6.45) is 3.51. The Bertz CT molecular complexity index is 1130. The van der Waals surface area contributed by atoms with Gasteiger partial charge in [-0.1, -0.05) is 12.1 Å². The van der Waals surface area contributed by atoms with Crippen LogP contribution in [0.25, 0.3) is 11.0 Å². The molecule has 0 saturated heterocycles. The van der Waals surface area contributed by atoms with Crippen molar-refractivity contribution in [2.24, 2.45) is 0 Å².